The molecule has 1 amide bonds. The van der Waals surface area contributed by atoms with E-state index < -0.39 is 0 Å². The molecular formula is C9H13N4OS. The Hall–Kier alpha value is -1.43. The number of nitrogens with one attached hydrogen (secondary N) is 2. The van der Waals surface area contributed by atoms with E-state index in [1.54, 1.807) is 16.8 Å². The second kappa shape index (κ2) is 6.13. The van der Waals surface area contributed by atoms with E-state index in [0.717, 1.165) is 6.42 Å². The summed E-state index contributed by atoms with van der Waals surface area (Å²) in [6.07, 6.45) is 5.71. The first-order valence-corrected chi connectivity index (χ1v) is 5.39. The highest BCUT2D eigenvalue weighted by molar-refractivity contribution is 7.09. The Morgan fingerprint density at radius 2 is 2.53 bits per heavy atom. The van der Waals surface area contributed by atoms with Crippen LogP contribution in [-0.4, -0.2) is 16.9 Å². The molecule has 0 spiro atoms. The molecule has 1 heterocycles. The van der Waals surface area contributed by atoms with Crippen molar-refractivity contribution < 1.29 is 4.79 Å². The number of unbranched alkanes of at least 4 members (excludes halogenated alkanes) is 1. The van der Waals surface area contributed by atoms with Crippen molar-refractivity contribution in [3.63, 3.8) is 0 Å². The van der Waals surface area contributed by atoms with Crippen LogP contribution in [0.15, 0.2) is 11.7 Å². The number of nitrogens with zero attached hydrogens (tertiary/aromatic N) is 1. The van der Waals surface area contributed by atoms with Gasteiger partial charge in [0.1, 0.15) is 0 Å². The van der Waals surface area contributed by atoms with Crippen molar-refractivity contribution in [3.8, 4) is 0 Å². The molecule has 1 aromatic heterocycles. The number of amides is 1. The number of guanidine groups is 1. The summed E-state index contributed by atoms with van der Waals surface area (Å²) >= 11 is 1.60. The quantitative estimate of drug-likeness (QED) is 0.391. The van der Waals surface area contributed by atoms with Crippen LogP contribution >= 0.6 is 11.3 Å². The number of nitrogens with two attached hydrogens (primary N) is 1. The third kappa shape index (κ3) is 5.11. The molecule has 1 aromatic rings. The van der Waals surface area contributed by atoms with Crippen molar-refractivity contribution in [1.29, 1.82) is 5.41 Å². The van der Waals surface area contributed by atoms with Gasteiger partial charge in [0, 0.05) is 17.5 Å². The lowest BCUT2D eigenvalue weighted by molar-refractivity contribution is -0.119. The van der Waals surface area contributed by atoms with Crippen molar-refractivity contribution in [2.45, 2.75) is 19.3 Å². The summed E-state index contributed by atoms with van der Waals surface area (Å²) in [7, 11) is 0. The summed E-state index contributed by atoms with van der Waals surface area (Å²) in [5, 5.41) is 9.08. The average molecular weight is 225 g/mol. The van der Waals surface area contributed by atoms with E-state index in [1.807, 2.05) is 12.6 Å². The van der Waals surface area contributed by atoms with Gasteiger partial charge in [-0.15, -0.1) is 11.3 Å². The lowest BCUT2D eigenvalue weighted by Crippen LogP contribution is -2.35. The van der Waals surface area contributed by atoms with Gasteiger partial charge in [0.05, 0.1) is 5.51 Å². The van der Waals surface area contributed by atoms with Crippen molar-refractivity contribution >= 4 is 23.2 Å². The van der Waals surface area contributed by atoms with Crippen LogP contribution in [0.2, 0.25) is 0 Å². The number of carbonyl (C=O) groups excluding carboxylic acids is 1. The van der Waals surface area contributed by atoms with Crippen LogP contribution in [0.3, 0.4) is 0 Å². The van der Waals surface area contributed by atoms with E-state index in [9.17, 15) is 4.79 Å². The van der Waals surface area contributed by atoms with Gasteiger partial charge < -0.3 is 5.73 Å². The van der Waals surface area contributed by atoms with Crippen LogP contribution in [0, 0.1) is 11.8 Å². The van der Waals surface area contributed by atoms with Crippen molar-refractivity contribution in [1.82, 2.24) is 10.3 Å². The summed E-state index contributed by atoms with van der Waals surface area (Å²) in [5.41, 5.74) is 6.79. The molecule has 0 saturated carbocycles. The first kappa shape index (κ1) is 11.6. The smallest absolute Gasteiger partial charge is 0.226 e. The van der Waals surface area contributed by atoms with Gasteiger partial charge in [-0.1, -0.05) is 0 Å². The second-order valence-corrected chi connectivity index (χ2v) is 3.93. The highest BCUT2D eigenvalue weighted by Gasteiger charge is 2.02. The molecule has 0 bridgehead atoms. The Labute approximate surface area is 92.2 Å². The van der Waals surface area contributed by atoms with Crippen LogP contribution < -0.4 is 11.1 Å². The molecule has 5 nitrogen and oxygen atoms in total. The summed E-state index contributed by atoms with van der Waals surface area (Å²) in [6.45, 7) is 0. The van der Waals surface area contributed by atoms with Gasteiger partial charge in [0.15, 0.2) is 5.96 Å². The SMILES string of the molecule is N=C(N)NC(=O)CC[CH]Cc1cncs1. The third-order valence-electron chi connectivity index (χ3n) is 1.68. The minimum Gasteiger partial charge on any atom is -0.370 e. The molecule has 0 aliphatic heterocycles. The van der Waals surface area contributed by atoms with E-state index in [4.69, 9.17) is 11.1 Å². The predicted molar refractivity (Wildman–Crippen MR) is 59.4 cm³/mol. The molecule has 1 rings (SSSR count). The van der Waals surface area contributed by atoms with E-state index in [0.29, 0.717) is 12.8 Å². The number of aromatic nitrogens is 1. The van der Waals surface area contributed by atoms with Crippen molar-refractivity contribution in [2.24, 2.45) is 5.73 Å². The number of hydrogen-bond donors (Lipinski definition) is 3. The lowest BCUT2D eigenvalue weighted by Gasteiger charge is -2.01. The maximum absolute atomic E-state index is 11.1. The minimum atomic E-state index is -0.303. The first-order chi connectivity index (χ1) is 7.18. The Morgan fingerprint density at radius 3 is 3.13 bits per heavy atom. The van der Waals surface area contributed by atoms with E-state index in [2.05, 4.69) is 10.3 Å². The number of thiazole rings is 1. The Bertz CT molecular complexity index is 323. The Kier molecular flexibility index (Phi) is 4.76. The highest BCUT2D eigenvalue weighted by Crippen LogP contribution is 2.09. The number of rotatable bonds is 5. The lowest BCUT2D eigenvalue weighted by atomic mass is 10.2. The van der Waals surface area contributed by atoms with Gasteiger partial charge in [-0.2, -0.15) is 0 Å². The molecule has 81 valence electrons. The van der Waals surface area contributed by atoms with Crippen LogP contribution in [-0.2, 0) is 11.2 Å². The van der Waals surface area contributed by atoms with Gasteiger partial charge in [0.2, 0.25) is 5.91 Å². The van der Waals surface area contributed by atoms with Crippen molar-refractivity contribution in [2.75, 3.05) is 0 Å². The molecule has 15 heavy (non-hydrogen) atoms. The van der Waals surface area contributed by atoms with Gasteiger partial charge in [-0.25, -0.2) is 0 Å². The van der Waals surface area contributed by atoms with Crippen LogP contribution in [0.1, 0.15) is 17.7 Å². The molecule has 4 N–H and O–H groups in total. The number of hydrogen-bond acceptors (Lipinski definition) is 4. The summed E-state index contributed by atoms with van der Waals surface area (Å²) in [5.74, 6) is -0.523. The van der Waals surface area contributed by atoms with E-state index >= 15 is 0 Å². The van der Waals surface area contributed by atoms with Gasteiger partial charge >= 0.3 is 0 Å². The zero-order chi connectivity index (χ0) is 11.1. The molecule has 0 aliphatic rings. The molecule has 0 unspecified atom stereocenters. The molecule has 0 aromatic carbocycles. The van der Waals surface area contributed by atoms with Crippen LogP contribution in [0.4, 0.5) is 0 Å². The van der Waals surface area contributed by atoms with E-state index in [1.165, 1.54) is 4.88 Å². The topological polar surface area (TPSA) is 91.9 Å². The average Bonchev–Trinajstić information content (AvgIpc) is 2.63. The third-order valence-corrected chi connectivity index (χ3v) is 2.48. The van der Waals surface area contributed by atoms with Gasteiger partial charge in [0.25, 0.3) is 0 Å². The molecule has 0 saturated heterocycles. The molecule has 6 heteroatoms. The van der Waals surface area contributed by atoms with Crippen LogP contribution in [0.5, 0.6) is 0 Å². The zero-order valence-corrected chi connectivity index (χ0v) is 9.01. The van der Waals surface area contributed by atoms with Crippen molar-refractivity contribution in [3.05, 3.63) is 23.0 Å². The summed E-state index contributed by atoms with van der Waals surface area (Å²) < 4.78 is 0. The molecule has 0 fully saturated rings. The Balaban J connectivity index is 2.06. The monoisotopic (exact) mass is 225 g/mol. The summed E-state index contributed by atoms with van der Waals surface area (Å²) in [6, 6.07) is 0. The minimum absolute atomic E-state index is 0.219. The fraction of sp³-hybridized carbons (Fsp3) is 0.333. The highest BCUT2D eigenvalue weighted by atomic mass is 32.1. The second-order valence-electron chi connectivity index (χ2n) is 2.96. The summed E-state index contributed by atoms with van der Waals surface area (Å²) in [4.78, 5) is 16.2. The molecule has 1 radical (unpaired) electrons. The van der Waals surface area contributed by atoms with E-state index in [-0.39, 0.29) is 11.9 Å². The van der Waals surface area contributed by atoms with Crippen LogP contribution in [0.25, 0.3) is 0 Å². The maximum Gasteiger partial charge on any atom is 0.226 e. The molecule has 0 aliphatic carbocycles. The first-order valence-electron chi connectivity index (χ1n) is 4.51. The zero-order valence-electron chi connectivity index (χ0n) is 8.19. The fourth-order valence-electron chi connectivity index (χ4n) is 1.03. The van der Waals surface area contributed by atoms with Gasteiger partial charge in [-0.3, -0.25) is 20.5 Å². The normalized spacial score (nSPS) is 9.87. The number of carbonyl (C=O) groups is 1. The molecular weight excluding hydrogens is 212 g/mol. The Morgan fingerprint density at radius 1 is 1.73 bits per heavy atom. The fourth-order valence-corrected chi connectivity index (χ4v) is 1.63. The maximum atomic E-state index is 11.1. The molecule has 0 atom stereocenters. The predicted octanol–water partition coefficient (Wildman–Crippen LogP) is 0.680. The largest absolute Gasteiger partial charge is 0.370 e. The standard InChI is InChI=1S/C9H13N4OS/c10-9(11)13-8(14)4-2-1-3-7-5-12-6-15-7/h1,5-6H,2-4H2,(H4,10,11,13,14). The van der Waals surface area contributed by atoms with Gasteiger partial charge in [-0.05, 0) is 19.3 Å².